The van der Waals surface area contributed by atoms with E-state index in [-0.39, 0.29) is 30.0 Å². The van der Waals surface area contributed by atoms with Crippen molar-refractivity contribution in [2.75, 3.05) is 33.2 Å². The normalized spacial score (nSPS) is 20.2. The van der Waals surface area contributed by atoms with E-state index in [1.54, 1.807) is 6.07 Å². The molecule has 1 N–H and O–H groups in total. The van der Waals surface area contributed by atoms with Crippen molar-refractivity contribution in [1.82, 2.24) is 15.1 Å². The molecule has 3 rings (SSSR count). The number of guanidine groups is 1. The molecule has 1 heterocycles. The first kappa shape index (κ1) is 20.4. The standard InChI is InChI=1S/C18H26F2N4.HI/c1-3-17(15-7-4-13(19)12-16(15)20)23-8-10-24(11-9-23)18(21-2)22-14-5-6-14;/h4,7,12,14,17H,3,5-6,8-11H2,1-2H3,(H,21,22);1H. The lowest BCUT2D eigenvalue weighted by molar-refractivity contribution is 0.124. The minimum absolute atomic E-state index is 0. The van der Waals surface area contributed by atoms with Crippen LogP contribution >= 0.6 is 24.0 Å². The van der Waals surface area contributed by atoms with Gasteiger partial charge in [0.25, 0.3) is 0 Å². The van der Waals surface area contributed by atoms with E-state index in [0.29, 0.717) is 11.6 Å². The molecule has 2 fully saturated rings. The first-order chi connectivity index (χ1) is 11.6. The Morgan fingerprint density at radius 3 is 2.44 bits per heavy atom. The zero-order chi connectivity index (χ0) is 17.1. The number of rotatable bonds is 4. The van der Waals surface area contributed by atoms with Crippen molar-refractivity contribution in [2.24, 2.45) is 4.99 Å². The molecule has 140 valence electrons. The highest BCUT2D eigenvalue weighted by atomic mass is 127. The van der Waals surface area contributed by atoms with Gasteiger partial charge in [-0.2, -0.15) is 0 Å². The molecule has 1 aliphatic heterocycles. The molecular formula is C18H27F2IN4. The molecule has 25 heavy (non-hydrogen) atoms. The second-order valence-electron chi connectivity index (χ2n) is 6.58. The highest BCUT2D eigenvalue weighted by Crippen LogP contribution is 2.28. The minimum atomic E-state index is -0.522. The largest absolute Gasteiger partial charge is 0.354 e. The molecule has 7 heteroatoms. The summed E-state index contributed by atoms with van der Waals surface area (Å²) in [6.07, 6.45) is 3.25. The van der Waals surface area contributed by atoms with E-state index in [0.717, 1.165) is 44.6 Å². The third kappa shape index (κ3) is 5.03. The summed E-state index contributed by atoms with van der Waals surface area (Å²) < 4.78 is 27.3. The molecular weight excluding hydrogens is 437 g/mol. The third-order valence-electron chi connectivity index (χ3n) is 4.89. The number of hydrogen-bond donors (Lipinski definition) is 1. The zero-order valence-electron chi connectivity index (χ0n) is 14.8. The second-order valence-corrected chi connectivity index (χ2v) is 6.58. The summed E-state index contributed by atoms with van der Waals surface area (Å²) in [6, 6.07) is 4.48. The molecule has 1 aliphatic carbocycles. The van der Waals surface area contributed by atoms with E-state index in [2.05, 4.69) is 20.1 Å². The summed E-state index contributed by atoms with van der Waals surface area (Å²) >= 11 is 0. The van der Waals surface area contributed by atoms with Gasteiger partial charge in [-0.25, -0.2) is 8.78 Å². The van der Waals surface area contributed by atoms with Crippen LogP contribution in [0.2, 0.25) is 0 Å². The van der Waals surface area contributed by atoms with Gasteiger partial charge in [0.2, 0.25) is 0 Å². The Labute approximate surface area is 165 Å². The average molecular weight is 464 g/mol. The van der Waals surface area contributed by atoms with Gasteiger partial charge in [-0.1, -0.05) is 13.0 Å². The smallest absolute Gasteiger partial charge is 0.193 e. The number of benzene rings is 1. The topological polar surface area (TPSA) is 30.9 Å². The predicted octanol–water partition coefficient (Wildman–Crippen LogP) is 3.39. The van der Waals surface area contributed by atoms with E-state index in [9.17, 15) is 8.78 Å². The monoisotopic (exact) mass is 464 g/mol. The fraction of sp³-hybridized carbons (Fsp3) is 0.611. The molecule has 1 unspecified atom stereocenters. The molecule has 0 amide bonds. The lowest BCUT2D eigenvalue weighted by Crippen LogP contribution is -2.53. The van der Waals surface area contributed by atoms with Gasteiger partial charge < -0.3 is 10.2 Å². The number of piperazine rings is 1. The van der Waals surface area contributed by atoms with Crippen LogP contribution in [0.15, 0.2) is 23.2 Å². The highest BCUT2D eigenvalue weighted by Gasteiger charge is 2.29. The van der Waals surface area contributed by atoms with Gasteiger partial charge in [-0.15, -0.1) is 24.0 Å². The highest BCUT2D eigenvalue weighted by molar-refractivity contribution is 14.0. The second kappa shape index (κ2) is 9.12. The van der Waals surface area contributed by atoms with E-state index < -0.39 is 11.6 Å². The zero-order valence-corrected chi connectivity index (χ0v) is 17.2. The van der Waals surface area contributed by atoms with Crippen molar-refractivity contribution in [3.8, 4) is 0 Å². The van der Waals surface area contributed by atoms with E-state index >= 15 is 0 Å². The van der Waals surface area contributed by atoms with Crippen molar-refractivity contribution in [3.05, 3.63) is 35.4 Å². The molecule has 0 bridgehead atoms. The van der Waals surface area contributed by atoms with Crippen molar-refractivity contribution in [1.29, 1.82) is 0 Å². The van der Waals surface area contributed by atoms with Gasteiger partial charge in [0, 0.05) is 56.9 Å². The summed E-state index contributed by atoms with van der Waals surface area (Å²) in [4.78, 5) is 8.93. The fourth-order valence-corrected chi connectivity index (χ4v) is 3.40. The number of halogens is 3. The molecule has 1 saturated heterocycles. The summed E-state index contributed by atoms with van der Waals surface area (Å²) in [6.45, 7) is 5.48. The molecule has 1 aromatic rings. The molecule has 0 spiro atoms. The SMILES string of the molecule is CCC(c1ccc(F)cc1F)N1CCN(C(=NC)NC2CC2)CC1.I. The number of nitrogens with zero attached hydrogens (tertiary/aromatic N) is 3. The van der Waals surface area contributed by atoms with Crippen molar-refractivity contribution >= 4 is 29.9 Å². The van der Waals surface area contributed by atoms with Gasteiger partial charge >= 0.3 is 0 Å². The predicted molar refractivity (Wildman–Crippen MR) is 107 cm³/mol. The van der Waals surface area contributed by atoms with Gasteiger partial charge in [0.15, 0.2) is 5.96 Å². The van der Waals surface area contributed by atoms with Crippen LogP contribution in [0.4, 0.5) is 8.78 Å². The van der Waals surface area contributed by atoms with Crippen LogP contribution in [0.1, 0.15) is 37.8 Å². The van der Waals surface area contributed by atoms with Crippen LogP contribution in [-0.2, 0) is 0 Å². The van der Waals surface area contributed by atoms with Gasteiger partial charge in [0.1, 0.15) is 11.6 Å². The number of hydrogen-bond acceptors (Lipinski definition) is 2. The molecule has 1 aromatic carbocycles. The number of nitrogens with one attached hydrogen (secondary N) is 1. The summed E-state index contributed by atoms with van der Waals surface area (Å²) in [5.41, 5.74) is 0.591. The first-order valence-electron chi connectivity index (χ1n) is 8.79. The van der Waals surface area contributed by atoms with Gasteiger partial charge in [-0.05, 0) is 25.3 Å². The molecule has 0 radical (unpaired) electrons. The maximum Gasteiger partial charge on any atom is 0.193 e. The minimum Gasteiger partial charge on any atom is -0.354 e. The van der Waals surface area contributed by atoms with Gasteiger partial charge in [0.05, 0.1) is 0 Å². The molecule has 1 saturated carbocycles. The van der Waals surface area contributed by atoms with E-state index in [1.165, 1.54) is 18.9 Å². The first-order valence-corrected chi connectivity index (χ1v) is 8.79. The Balaban J connectivity index is 0.00000225. The summed E-state index contributed by atoms with van der Waals surface area (Å²) in [7, 11) is 1.82. The lowest BCUT2D eigenvalue weighted by Gasteiger charge is -2.40. The number of aliphatic imine (C=N–C) groups is 1. The molecule has 0 aromatic heterocycles. The maximum atomic E-state index is 14.1. The van der Waals surface area contributed by atoms with E-state index in [1.807, 2.05) is 14.0 Å². The van der Waals surface area contributed by atoms with Crippen LogP contribution in [0.5, 0.6) is 0 Å². The maximum absolute atomic E-state index is 14.1. The van der Waals surface area contributed by atoms with Crippen LogP contribution in [-0.4, -0.2) is 55.0 Å². The van der Waals surface area contributed by atoms with Crippen LogP contribution in [0.3, 0.4) is 0 Å². The lowest BCUT2D eigenvalue weighted by atomic mass is 10.0. The van der Waals surface area contributed by atoms with E-state index in [4.69, 9.17) is 0 Å². The Morgan fingerprint density at radius 1 is 1.24 bits per heavy atom. The molecule has 1 atom stereocenters. The van der Waals surface area contributed by atoms with Crippen molar-refractivity contribution in [2.45, 2.75) is 38.3 Å². The Morgan fingerprint density at radius 2 is 1.92 bits per heavy atom. The van der Waals surface area contributed by atoms with Crippen LogP contribution in [0, 0.1) is 11.6 Å². The summed E-state index contributed by atoms with van der Waals surface area (Å²) in [5, 5.41) is 3.47. The molecule has 4 nitrogen and oxygen atoms in total. The average Bonchev–Trinajstić information content (AvgIpc) is 3.40. The van der Waals surface area contributed by atoms with Crippen molar-refractivity contribution in [3.63, 3.8) is 0 Å². The van der Waals surface area contributed by atoms with Gasteiger partial charge in [-0.3, -0.25) is 9.89 Å². The fourth-order valence-electron chi connectivity index (χ4n) is 3.40. The summed E-state index contributed by atoms with van der Waals surface area (Å²) in [5.74, 6) is -0.000442. The quantitative estimate of drug-likeness (QED) is 0.421. The Bertz CT molecular complexity index is 599. The van der Waals surface area contributed by atoms with Crippen LogP contribution in [0.25, 0.3) is 0 Å². The molecule has 2 aliphatic rings. The Kier molecular flexibility index (Phi) is 7.42. The third-order valence-corrected chi connectivity index (χ3v) is 4.89. The van der Waals surface area contributed by atoms with Crippen LogP contribution < -0.4 is 5.32 Å². The van der Waals surface area contributed by atoms with Crippen molar-refractivity contribution < 1.29 is 8.78 Å². The Hall–Kier alpha value is -0.960.